The Balaban J connectivity index is 1.59. The van der Waals surface area contributed by atoms with Gasteiger partial charge in [-0.05, 0) is 38.3 Å². The summed E-state index contributed by atoms with van der Waals surface area (Å²) in [6, 6.07) is 4.42. The average molecular weight is 426 g/mol. The lowest BCUT2D eigenvalue weighted by atomic mass is 9.97. The Bertz CT molecular complexity index is 1020. The van der Waals surface area contributed by atoms with Gasteiger partial charge in [-0.2, -0.15) is 4.31 Å². The number of oxazole rings is 1. The number of carbonyl (C=O) groups excluding carboxylic acids is 1. The fourth-order valence-corrected chi connectivity index (χ4v) is 4.94. The van der Waals surface area contributed by atoms with Crippen molar-refractivity contribution in [3.63, 3.8) is 0 Å². The number of nitrogens with one attached hydrogen (secondary N) is 1. The zero-order chi connectivity index (χ0) is 21.0. The van der Waals surface area contributed by atoms with Crippen molar-refractivity contribution in [1.82, 2.24) is 14.2 Å². The van der Waals surface area contributed by atoms with Crippen LogP contribution in [0.1, 0.15) is 26.2 Å². The van der Waals surface area contributed by atoms with Crippen molar-refractivity contribution in [2.24, 2.45) is 13.0 Å². The Kier molecular flexibility index (Phi) is 6.76. The lowest BCUT2D eigenvalue weighted by molar-refractivity contribution is -0.126. The lowest BCUT2D eigenvalue weighted by Gasteiger charge is -2.30. The lowest BCUT2D eigenvalue weighted by Crippen LogP contribution is -2.43. The second-order valence-corrected chi connectivity index (χ2v) is 9.01. The molecule has 1 aromatic heterocycles. The Morgan fingerprint density at radius 2 is 2.03 bits per heavy atom. The first-order valence-electron chi connectivity index (χ1n) is 9.79. The average Bonchev–Trinajstić information content (AvgIpc) is 3.01. The number of aryl methyl sites for hydroxylation is 1. The van der Waals surface area contributed by atoms with E-state index in [2.05, 4.69) is 5.32 Å². The van der Waals surface area contributed by atoms with Gasteiger partial charge in [0.1, 0.15) is 0 Å². The van der Waals surface area contributed by atoms with Crippen LogP contribution in [0.5, 0.6) is 0 Å². The van der Waals surface area contributed by atoms with Gasteiger partial charge in [0.05, 0.1) is 10.4 Å². The van der Waals surface area contributed by atoms with E-state index in [0.717, 1.165) is 6.42 Å². The minimum Gasteiger partial charge on any atom is -0.408 e. The molecule has 0 saturated carbocycles. The maximum absolute atomic E-state index is 13.0. The third-order valence-corrected chi connectivity index (χ3v) is 7.09. The van der Waals surface area contributed by atoms with Crippen molar-refractivity contribution in [2.45, 2.75) is 31.1 Å². The molecule has 0 aliphatic carbocycles. The molecule has 0 unspecified atom stereocenters. The summed E-state index contributed by atoms with van der Waals surface area (Å²) in [5.74, 6) is -0.767. The number of benzene rings is 1. The second-order valence-electron chi connectivity index (χ2n) is 7.08. The molecule has 1 saturated heterocycles. The van der Waals surface area contributed by atoms with E-state index >= 15 is 0 Å². The highest BCUT2D eigenvalue weighted by atomic mass is 32.2. The molecule has 0 spiro atoms. The molecule has 0 radical (unpaired) electrons. The Morgan fingerprint density at radius 1 is 1.31 bits per heavy atom. The van der Waals surface area contributed by atoms with Crippen LogP contribution in [-0.2, 0) is 26.6 Å². The van der Waals surface area contributed by atoms with Gasteiger partial charge < -0.3 is 14.5 Å². The minimum absolute atomic E-state index is 0.0361. The van der Waals surface area contributed by atoms with Gasteiger partial charge in [-0.25, -0.2) is 13.2 Å². The van der Waals surface area contributed by atoms with Crippen LogP contribution >= 0.6 is 0 Å². The quantitative estimate of drug-likeness (QED) is 0.634. The number of piperidine rings is 1. The highest BCUT2D eigenvalue weighted by Crippen LogP contribution is 2.26. The second kappa shape index (κ2) is 9.10. The molecule has 0 bridgehead atoms. The van der Waals surface area contributed by atoms with Crippen molar-refractivity contribution in [3.8, 4) is 0 Å². The summed E-state index contributed by atoms with van der Waals surface area (Å²) < 4.78 is 39.0. The summed E-state index contributed by atoms with van der Waals surface area (Å²) in [6.45, 7) is 4.30. The maximum atomic E-state index is 13.0. The van der Waals surface area contributed by atoms with Crippen LogP contribution in [0, 0.1) is 5.92 Å². The van der Waals surface area contributed by atoms with Crippen LogP contribution in [-0.4, -0.2) is 56.0 Å². The van der Waals surface area contributed by atoms with Crippen molar-refractivity contribution >= 4 is 27.0 Å². The van der Waals surface area contributed by atoms with E-state index in [9.17, 15) is 18.0 Å². The first kappa shape index (κ1) is 21.5. The minimum atomic E-state index is -3.72. The van der Waals surface area contributed by atoms with Gasteiger partial charge in [0, 0.05) is 51.9 Å². The van der Waals surface area contributed by atoms with Crippen LogP contribution < -0.4 is 11.1 Å². The van der Waals surface area contributed by atoms with Crippen molar-refractivity contribution in [1.29, 1.82) is 0 Å². The molecule has 3 rings (SSSR count). The van der Waals surface area contributed by atoms with E-state index in [1.54, 1.807) is 13.1 Å². The van der Waals surface area contributed by atoms with Gasteiger partial charge in [-0.3, -0.25) is 9.36 Å². The number of ether oxygens (including phenoxy) is 1. The summed E-state index contributed by atoms with van der Waals surface area (Å²) >= 11 is 0. The molecule has 2 aromatic rings. The number of aromatic nitrogens is 1. The van der Waals surface area contributed by atoms with E-state index < -0.39 is 15.8 Å². The molecule has 1 amide bonds. The Hall–Kier alpha value is -2.17. The number of fused-ring (bicyclic) bond motifs is 1. The zero-order valence-electron chi connectivity index (χ0n) is 16.7. The highest BCUT2D eigenvalue weighted by Gasteiger charge is 2.32. The number of sulfonamides is 1. The molecule has 1 aliphatic rings. The molecule has 10 heteroatoms. The van der Waals surface area contributed by atoms with Gasteiger partial charge in [0.25, 0.3) is 0 Å². The molecule has 1 fully saturated rings. The van der Waals surface area contributed by atoms with Crippen LogP contribution in [0.3, 0.4) is 0 Å². The number of amides is 1. The normalized spacial score (nSPS) is 16.3. The predicted octanol–water partition coefficient (Wildman–Crippen LogP) is 1.08. The van der Waals surface area contributed by atoms with Crippen LogP contribution in [0.2, 0.25) is 0 Å². The SMILES string of the molecule is CCOCCCNC(=O)C1CCN(S(=O)(=O)c2ccc3c(c2)oc(=O)n3C)CC1. The monoisotopic (exact) mass is 425 g/mol. The molecule has 160 valence electrons. The number of hydrogen-bond donors (Lipinski definition) is 1. The molecule has 2 heterocycles. The molecular weight excluding hydrogens is 398 g/mol. The summed E-state index contributed by atoms with van der Waals surface area (Å²) in [4.78, 5) is 24.0. The molecule has 1 N–H and O–H groups in total. The van der Waals surface area contributed by atoms with Crippen LogP contribution in [0.4, 0.5) is 0 Å². The maximum Gasteiger partial charge on any atom is 0.419 e. The first-order chi connectivity index (χ1) is 13.8. The van der Waals surface area contributed by atoms with Crippen LogP contribution in [0.25, 0.3) is 11.1 Å². The van der Waals surface area contributed by atoms with Crippen LogP contribution in [0.15, 0.2) is 32.3 Å². The summed E-state index contributed by atoms with van der Waals surface area (Å²) in [6.07, 6.45) is 1.70. The van der Waals surface area contributed by atoms with E-state index in [4.69, 9.17) is 9.15 Å². The molecule has 9 nitrogen and oxygen atoms in total. The number of nitrogens with zero attached hydrogens (tertiary/aromatic N) is 2. The predicted molar refractivity (Wildman–Crippen MR) is 107 cm³/mol. The zero-order valence-corrected chi connectivity index (χ0v) is 17.5. The molecule has 29 heavy (non-hydrogen) atoms. The summed E-state index contributed by atoms with van der Waals surface area (Å²) in [5, 5.41) is 2.89. The molecule has 1 aliphatic heterocycles. The number of hydrogen-bond acceptors (Lipinski definition) is 6. The fourth-order valence-electron chi connectivity index (χ4n) is 3.46. The summed E-state index contributed by atoms with van der Waals surface area (Å²) in [7, 11) is -2.16. The fraction of sp³-hybridized carbons (Fsp3) is 0.579. The van der Waals surface area contributed by atoms with Crippen molar-refractivity contribution in [3.05, 3.63) is 28.7 Å². The molecule has 1 aromatic carbocycles. The van der Waals surface area contributed by atoms with Crippen molar-refractivity contribution in [2.75, 3.05) is 32.8 Å². The third kappa shape index (κ3) is 4.71. The third-order valence-electron chi connectivity index (χ3n) is 5.20. The van der Waals surface area contributed by atoms with Gasteiger partial charge in [0.2, 0.25) is 15.9 Å². The first-order valence-corrected chi connectivity index (χ1v) is 11.2. The van der Waals surface area contributed by atoms with Gasteiger partial charge in [-0.1, -0.05) is 0 Å². The Labute approximate surface area is 169 Å². The molecular formula is C19H27N3O6S. The topological polar surface area (TPSA) is 111 Å². The van der Waals surface area contributed by atoms with E-state index in [1.165, 1.54) is 21.0 Å². The van der Waals surface area contributed by atoms with E-state index in [0.29, 0.717) is 38.1 Å². The Morgan fingerprint density at radius 3 is 2.72 bits per heavy atom. The largest absolute Gasteiger partial charge is 0.419 e. The van der Waals surface area contributed by atoms with Gasteiger partial charge in [0.15, 0.2) is 5.58 Å². The standard InChI is InChI=1S/C19H27N3O6S/c1-3-27-12-4-9-20-18(23)14-7-10-22(11-8-14)29(25,26)15-5-6-16-17(13-15)28-19(24)21(16)2/h5-6,13-14H,3-4,7-12H2,1-2H3,(H,20,23). The highest BCUT2D eigenvalue weighted by molar-refractivity contribution is 7.89. The number of rotatable bonds is 8. The van der Waals surface area contributed by atoms with E-state index in [1.807, 2.05) is 6.92 Å². The van der Waals surface area contributed by atoms with Gasteiger partial charge in [-0.15, -0.1) is 0 Å². The smallest absolute Gasteiger partial charge is 0.408 e. The van der Waals surface area contributed by atoms with Crippen molar-refractivity contribution < 1.29 is 22.4 Å². The molecule has 0 atom stereocenters. The number of carbonyl (C=O) groups is 1. The summed E-state index contributed by atoms with van der Waals surface area (Å²) in [5.41, 5.74) is 0.772. The van der Waals surface area contributed by atoms with Gasteiger partial charge >= 0.3 is 5.76 Å². The van der Waals surface area contributed by atoms with E-state index in [-0.39, 0.29) is 35.4 Å².